The Balaban J connectivity index is 2.47. The molecule has 2 rings (SSSR count). The standard InChI is InChI=1S/C25H34ClN3O5S/c1-17-8-10-19(11-9-17)15-28(18(2)24(31)27-25(3,4)5)23(30)16-29(35(7,32)33)21-14-20(26)12-13-22(21)34-6/h8-14,18H,15-16H2,1-7H3,(H,27,31)/t18-/m0/s1. The third kappa shape index (κ3) is 8.14. The molecule has 0 aliphatic rings. The molecule has 0 unspecified atom stereocenters. The highest BCUT2D eigenvalue weighted by Gasteiger charge is 2.32. The lowest BCUT2D eigenvalue weighted by Crippen LogP contribution is -2.54. The number of ether oxygens (including phenoxy) is 1. The number of benzene rings is 2. The quantitative estimate of drug-likeness (QED) is 0.540. The van der Waals surface area contributed by atoms with Crippen LogP contribution in [-0.4, -0.2) is 56.6 Å². The largest absolute Gasteiger partial charge is 0.495 e. The molecule has 0 radical (unpaired) electrons. The molecular formula is C25H34ClN3O5S. The van der Waals surface area contributed by atoms with Gasteiger partial charge in [-0.2, -0.15) is 0 Å². The van der Waals surface area contributed by atoms with E-state index in [9.17, 15) is 18.0 Å². The second-order valence-electron chi connectivity index (χ2n) is 9.51. The normalized spacial score (nSPS) is 12.6. The first-order chi connectivity index (χ1) is 16.1. The highest BCUT2D eigenvalue weighted by Crippen LogP contribution is 2.33. The van der Waals surface area contributed by atoms with E-state index in [1.807, 2.05) is 52.0 Å². The molecule has 10 heteroatoms. The van der Waals surface area contributed by atoms with Crippen LogP contribution in [0.15, 0.2) is 42.5 Å². The van der Waals surface area contributed by atoms with Gasteiger partial charge in [-0.25, -0.2) is 8.42 Å². The predicted octanol–water partition coefficient (Wildman–Crippen LogP) is 3.76. The van der Waals surface area contributed by atoms with Gasteiger partial charge < -0.3 is 15.0 Å². The lowest BCUT2D eigenvalue weighted by atomic mass is 10.1. The molecule has 0 heterocycles. The van der Waals surface area contributed by atoms with Gasteiger partial charge in [0.05, 0.1) is 19.1 Å². The second-order valence-corrected chi connectivity index (χ2v) is 11.9. The zero-order valence-corrected chi connectivity index (χ0v) is 22.8. The van der Waals surface area contributed by atoms with E-state index in [1.54, 1.807) is 13.0 Å². The maximum absolute atomic E-state index is 13.6. The molecule has 1 N–H and O–H groups in total. The Morgan fingerprint density at radius 3 is 2.23 bits per heavy atom. The van der Waals surface area contributed by atoms with Crippen LogP contribution in [0, 0.1) is 6.92 Å². The van der Waals surface area contributed by atoms with Gasteiger partial charge in [-0.15, -0.1) is 0 Å². The molecular weight excluding hydrogens is 490 g/mol. The van der Waals surface area contributed by atoms with Gasteiger partial charge in [0.25, 0.3) is 0 Å². The molecule has 0 aliphatic carbocycles. The number of aryl methyl sites for hydroxylation is 1. The predicted molar refractivity (Wildman–Crippen MR) is 139 cm³/mol. The van der Waals surface area contributed by atoms with Crippen LogP contribution < -0.4 is 14.4 Å². The van der Waals surface area contributed by atoms with Gasteiger partial charge in [0.2, 0.25) is 21.8 Å². The van der Waals surface area contributed by atoms with Crippen LogP contribution in [0.4, 0.5) is 5.69 Å². The van der Waals surface area contributed by atoms with Crippen LogP contribution in [-0.2, 0) is 26.2 Å². The number of carbonyl (C=O) groups is 2. The van der Waals surface area contributed by atoms with Crippen molar-refractivity contribution in [3.8, 4) is 5.75 Å². The minimum Gasteiger partial charge on any atom is -0.495 e. The van der Waals surface area contributed by atoms with Gasteiger partial charge in [0, 0.05) is 17.1 Å². The number of nitrogens with one attached hydrogen (secondary N) is 1. The summed E-state index contributed by atoms with van der Waals surface area (Å²) >= 11 is 6.12. The van der Waals surface area contributed by atoms with Gasteiger partial charge >= 0.3 is 0 Å². The van der Waals surface area contributed by atoms with Crippen molar-refractivity contribution in [1.82, 2.24) is 10.2 Å². The molecule has 2 aromatic rings. The molecule has 8 nitrogen and oxygen atoms in total. The van der Waals surface area contributed by atoms with Crippen LogP contribution in [0.3, 0.4) is 0 Å². The zero-order chi connectivity index (χ0) is 26.6. The smallest absolute Gasteiger partial charge is 0.244 e. The second kappa shape index (κ2) is 11.3. The summed E-state index contributed by atoms with van der Waals surface area (Å²) in [7, 11) is -2.50. The van der Waals surface area contributed by atoms with E-state index in [0.29, 0.717) is 0 Å². The molecule has 192 valence electrons. The van der Waals surface area contributed by atoms with E-state index in [-0.39, 0.29) is 28.9 Å². The van der Waals surface area contributed by atoms with E-state index in [2.05, 4.69) is 5.32 Å². The van der Waals surface area contributed by atoms with E-state index in [0.717, 1.165) is 21.7 Å². The first kappa shape index (κ1) is 28.5. The molecule has 0 aliphatic heterocycles. The summed E-state index contributed by atoms with van der Waals surface area (Å²) in [5.41, 5.74) is 1.50. The molecule has 0 aromatic heterocycles. The average molecular weight is 524 g/mol. The number of hydrogen-bond donors (Lipinski definition) is 1. The number of halogens is 1. The molecule has 0 bridgehead atoms. The molecule has 0 saturated carbocycles. The Morgan fingerprint density at radius 1 is 1.11 bits per heavy atom. The zero-order valence-electron chi connectivity index (χ0n) is 21.3. The number of sulfonamides is 1. The minimum absolute atomic E-state index is 0.127. The third-order valence-electron chi connectivity index (χ3n) is 5.23. The SMILES string of the molecule is COc1ccc(Cl)cc1N(CC(=O)N(Cc1ccc(C)cc1)[C@@H](C)C(=O)NC(C)(C)C)S(C)(=O)=O. The van der Waals surface area contributed by atoms with Crippen molar-refractivity contribution in [1.29, 1.82) is 0 Å². The molecule has 35 heavy (non-hydrogen) atoms. The van der Waals surface area contributed by atoms with Crippen molar-refractivity contribution >= 4 is 39.1 Å². The monoisotopic (exact) mass is 523 g/mol. The average Bonchev–Trinajstić information content (AvgIpc) is 2.74. The highest BCUT2D eigenvalue weighted by atomic mass is 35.5. The van der Waals surface area contributed by atoms with E-state index in [4.69, 9.17) is 16.3 Å². The van der Waals surface area contributed by atoms with Crippen molar-refractivity contribution in [3.05, 3.63) is 58.6 Å². The summed E-state index contributed by atoms with van der Waals surface area (Å²) < 4.78 is 31.7. The van der Waals surface area contributed by atoms with Gasteiger partial charge in [0.1, 0.15) is 18.3 Å². The Kier molecular flexibility index (Phi) is 9.19. The van der Waals surface area contributed by atoms with Crippen LogP contribution in [0.25, 0.3) is 0 Å². The maximum atomic E-state index is 13.6. The molecule has 1 atom stereocenters. The van der Waals surface area contributed by atoms with Crippen molar-refractivity contribution in [2.45, 2.75) is 52.7 Å². The number of methoxy groups -OCH3 is 1. The van der Waals surface area contributed by atoms with Crippen LogP contribution >= 0.6 is 11.6 Å². The number of hydrogen-bond acceptors (Lipinski definition) is 5. The Bertz CT molecular complexity index is 1160. The van der Waals surface area contributed by atoms with Gasteiger partial charge in [-0.05, 0) is 58.4 Å². The summed E-state index contributed by atoms with van der Waals surface area (Å²) in [4.78, 5) is 28.0. The first-order valence-corrected chi connectivity index (χ1v) is 13.3. The summed E-state index contributed by atoms with van der Waals surface area (Å²) in [5.74, 6) is -0.643. The molecule has 0 saturated heterocycles. The fourth-order valence-corrected chi connectivity index (χ4v) is 4.41. The topological polar surface area (TPSA) is 96.0 Å². The van der Waals surface area contributed by atoms with Crippen LogP contribution in [0.5, 0.6) is 5.75 Å². The van der Waals surface area contributed by atoms with E-state index in [1.165, 1.54) is 24.1 Å². The van der Waals surface area contributed by atoms with Gasteiger partial charge in [-0.1, -0.05) is 41.4 Å². The van der Waals surface area contributed by atoms with Crippen molar-refractivity contribution < 1.29 is 22.7 Å². The lowest BCUT2D eigenvalue weighted by Gasteiger charge is -2.33. The summed E-state index contributed by atoms with van der Waals surface area (Å²) in [6.45, 7) is 8.71. The summed E-state index contributed by atoms with van der Waals surface area (Å²) in [5, 5.41) is 3.18. The van der Waals surface area contributed by atoms with Crippen molar-refractivity contribution in [2.24, 2.45) is 0 Å². The number of rotatable bonds is 9. The number of nitrogens with zero attached hydrogens (tertiary/aromatic N) is 2. The van der Waals surface area contributed by atoms with Gasteiger partial charge in [-0.3, -0.25) is 13.9 Å². The van der Waals surface area contributed by atoms with Crippen LogP contribution in [0.1, 0.15) is 38.8 Å². The number of amides is 2. The highest BCUT2D eigenvalue weighted by molar-refractivity contribution is 7.92. The number of anilines is 1. The number of carbonyl (C=O) groups excluding carboxylic acids is 2. The maximum Gasteiger partial charge on any atom is 0.244 e. The van der Waals surface area contributed by atoms with E-state index < -0.39 is 34.1 Å². The van der Waals surface area contributed by atoms with Crippen LogP contribution in [0.2, 0.25) is 5.02 Å². The van der Waals surface area contributed by atoms with Gasteiger partial charge in [0.15, 0.2) is 0 Å². The summed E-state index contributed by atoms with van der Waals surface area (Å²) in [6, 6.07) is 11.2. The third-order valence-corrected chi connectivity index (χ3v) is 6.59. The molecule has 2 aromatic carbocycles. The van der Waals surface area contributed by atoms with E-state index >= 15 is 0 Å². The Hall–Kier alpha value is -2.78. The fraction of sp³-hybridized carbons (Fsp3) is 0.440. The Labute approximate surface area is 213 Å². The van der Waals surface area contributed by atoms with Crippen molar-refractivity contribution in [2.75, 3.05) is 24.2 Å². The lowest BCUT2D eigenvalue weighted by molar-refractivity contribution is -0.140. The first-order valence-electron chi connectivity index (χ1n) is 11.1. The fourth-order valence-electron chi connectivity index (χ4n) is 3.40. The Morgan fingerprint density at radius 2 is 1.71 bits per heavy atom. The minimum atomic E-state index is -3.90. The molecule has 0 spiro atoms. The molecule has 0 fully saturated rings. The summed E-state index contributed by atoms with van der Waals surface area (Å²) in [6.07, 6.45) is 1.00. The molecule has 2 amide bonds. The van der Waals surface area contributed by atoms with Crippen molar-refractivity contribution in [3.63, 3.8) is 0 Å².